The molecule has 3 atom stereocenters. The van der Waals surface area contributed by atoms with Crippen molar-refractivity contribution in [1.82, 2.24) is 4.90 Å². The zero-order valence-electron chi connectivity index (χ0n) is 13.9. The highest BCUT2D eigenvalue weighted by Crippen LogP contribution is 2.51. The highest BCUT2D eigenvalue weighted by atomic mass is 35.5. The minimum atomic E-state index is 0. The fourth-order valence-electron chi connectivity index (χ4n) is 4.81. The van der Waals surface area contributed by atoms with Crippen LogP contribution in [0.4, 0.5) is 0 Å². The van der Waals surface area contributed by atoms with E-state index in [0.29, 0.717) is 11.8 Å². The van der Waals surface area contributed by atoms with E-state index in [1.807, 2.05) is 12.1 Å². The van der Waals surface area contributed by atoms with Gasteiger partial charge in [0.25, 0.3) is 0 Å². The van der Waals surface area contributed by atoms with E-state index in [1.54, 1.807) is 6.07 Å². The van der Waals surface area contributed by atoms with Crippen molar-refractivity contribution in [3.63, 3.8) is 0 Å². The average molecular weight is 324 g/mol. The predicted octanol–water partition coefficient (Wildman–Crippen LogP) is 4.89. The summed E-state index contributed by atoms with van der Waals surface area (Å²) in [7, 11) is 0. The first-order valence-electron chi connectivity index (χ1n) is 8.72. The number of aromatic hydroxyl groups is 1. The van der Waals surface area contributed by atoms with Gasteiger partial charge in [-0.3, -0.25) is 4.90 Å². The molecule has 1 aliphatic carbocycles. The van der Waals surface area contributed by atoms with Gasteiger partial charge in [-0.15, -0.1) is 12.4 Å². The van der Waals surface area contributed by atoms with Gasteiger partial charge in [0, 0.05) is 17.5 Å². The SMILES string of the molecule is CCCCCN1C2CCCC(c3cccc(O)c3)(C2)C1C.Cl. The van der Waals surface area contributed by atoms with E-state index in [4.69, 9.17) is 0 Å². The molecule has 3 rings (SSSR count). The van der Waals surface area contributed by atoms with E-state index >= 15 is 0 Å². The molecule has 3 unspecified atom stereocenters. The minimum absolute atomic E-state index is 0. The Labute approximate surface area is 141 Å². The zero-order valence-corrected chi connectivity index (χ0v) is 14.7. The minimum Gasteiger partial charge on any atom is -0.508 e. The maximum Gasteiger partial charge on any atom is 0.115 e. The summed E-state index contributed by atoms with van der Waals surface area (Å²) < 4.78 is 0. The maximum absolute atomic E-state index is 9.88. The Morgan fingerprint density at radius 3 is 2.86 bits per heavy atom. The fourth-order valence-corrected chi connectivity index (χ4v) is 4.81. The molecule has 0 radical (unpaired) electrons. The van der Waals surface area contributed by atoms with Gasteiger partial charge in [0.1, 0.15) is 5.75 Å². The van der Waals surface area contributed by atoms with Crippen molar-refractivity contribution < 1.29 is 5.11 Å². The molecule has 22 heavy (non-hydrogen) atoms. The van der Waals surface area contributed by atoms with E-state index in [9.17, 15) is 5.11 Å². The lowest BCUT2D eigenvalue weighted by Gasteiger charge is -2.36. The van der Waals surface area contributed by atoms with Crippen LogP contribution in [0.5, 0.6) is 5.75 Å². The summed E-state index contributed by atoms with van der Waals surface area (Å²) in [5.41, 5.74) is 1.63. The van der Waals surface area contributed by atoms with Crippen molar-refractivity contribution in [3.8, 4) is 5.75 Å². The van der Waals surface area contributed by atoms with Crippen LogP contribution >= 0.6 is 12.4 Å². The number of hydrogen-bond donors (Lipinski definition) is 1. The molecule has 0 aromatic heterocycles. The number of hydrogen-bond acceptors (Lipinski definition) is 2. The van der Waals surface area contributed by atoms with Gasteiger partial charge in [0.2, 0.25) is 0 Å². The summed E-state index contributed by atoms with van der Waals surface area (Å²) in [6, 6.07) is 9.40. The Bertz CT molecular complexity index is 492. The summed E-state index contributed by atoms with van der Waals surface area (Å²) in [6.07, 6.45) is 9.21. The molecule has 3 heteroatoms. The van der Waals surface area contributed by atoms with Crippen molar-refractivity contribution in [3.05, 3.63) is 29.8 Å². The molecule has 1 saturated heterocycles. The van der Waals surface area contributed by atoms with Gasteiger partial charge in [0.15, 0.2) is 0 Å². The van der Waals surface area contributed by atoms with Crippen LogP contribution < -0.4 is 0 Å². The number of phenolic OH excluding ortho intramolecular Hbond substituents is 1. The lowest BCUT2D eigenvalue weighted by molar-refractivity contribution is 0.188. The second-order valence-electron chi connectivity index (χ2n) is 7.08. The molecule has 2 nitrogen and oxygen atoms in total. The van der Waals surface area contributed by atoms with Gasteiger partial charge < -0.3 is 5.11 Å². The third-order valence-corrected chi connectivity index (χ3v) is 5.97. The summed E-state index contributed by atoms with van der Waals surface area (Å²) in [5.74, 6) is 0.417. The van der Waals surface area contributed by atoms with E-state index in [1.165, 1.54) is 57.1 Å². The third kappa shape index (κ3) is 3.00. The first-order chi connectivity index (χ1) is 10.2. The molecule has 1 heterocycles. The second kappa shape index (κ2) is 7.23. The Balaban J connectivity index is 0.00000176. The maximum atomic E-state index is 9.88. The van der Waals surface area contributed by atoms with E-state index in [0.717, 1.165) is 6.04 Å². The molecule has 2 fully saturated rings. The Morgan fingerprint density at radius 1 is 1.32 bits per heavy atom. The molecule has 2 bridgehead atoms. The van der Waals surface area contributed by atoms with Gasteiger partial charge in [-0.1, -0.05) is 38.3 Å². The molecular formula is C19H30ClNO. The number of nitrogens with zero attached hydrogens (tertiary/aromatic N) is 1. The number of likely N-dealkylation sites (tertiary alicyclic amines) is 1. The Hall–Kier alpha value is -0.730. The molecule has 124 valence electrons. The average Bonchev–Trinajstić information content (AvgIpc) is 2.68. The molecule has 0 amide bonds. The first-order valence-corrected chi connectivity index (χ1v) is 8.72. The van der Waals surface area contributed by atoms with E-state index < -0.39 is 0 Å². The second-order valence-corrected chi connectivity index (χ2v) is 7.08. The van der Waals surface area contributed by atoms with Gasteiger partial charge >= 0.3 is 0 Å². The predicted molar refractivity (Wildman–Crippen MR) is 95.0 cm³/mol. The monoisotopic (exact) mass is 323 g/mol. The molecule has 1 aliphatic heterocycles. The fraction of sp³-hybridized carbons (Fsp3) is 0.684. The topological polar surface area (TPSA) is 23.5 Å². The number of benzene rings is 1. The number of unbranched alkanes of at least 4 members (excludes halogenated alkanes) is 2. The van der Waals surface area contributed by atoms with Gasteiger partial charge in [-0.25, -0.2) is 0 Å². The van der Waals surface area contributed by atoms with Crippen LogP contribution in [0.1, 0.15) is 64.4 Å². The van der Waals surface area contributed by atoms with Crippen molar-refractivity contribution in [2.75, 3.05) is 6.54 Å². The number of phenols is 1. The lowest BCUT2D eigenvalue weighted by atomic mass is 9.67. The van der Waals surface area contributed by atoms with E-state index in [2.05, 4.69) is 24.8 Å². The highest BCUT2D eigenvalue weighted by Gasteiger charge is 2.52. The zero-order chi connectivity index (χ0) is 14.9. The van der Waals surface area contributed by atoms with Crippen LogP contribution in [-0.4, -0.2) is 28.6 Å². The largest absolute Gasteiger partial charge is 0.508 e. The van der Waals surface area contributed by atoms with Gasteiger partial charge in [-0.2, -0.15) is 0 Å². The Kier molecular flexibility index (Phi) is 5.79. The number of rotatable bonds is 5. The summed E-state index contributed by atoms with van der Waals surface area (Å²) >= 11 is 0. The molecule has 2 aliphatic rings. The molecule has 1 aromatic rings. The van der Waals surface area contributed by atoms with Crippen LogP contribution in [0.3, 0.4) is 0 Å². The van der Waals surface area contributed by atoms with Crippen LogP contribution in [-0.2, 0) is 5.41 Å². The first kappa shape index (κ1) is 17.6. The van der Waals surface area contributed by atoms with Crippen LogP contribution in [0.2, 0.25) is 0 Å². The van der Waals surface area contributed by atoms with Gasteiger partial charge in [-0.05, 0) is 56.8 Å². The third-order valence-electron chi connectivity index (χ3n) is 5.97. The molecular weight excluding hydrogens is 294 g/mol. The Morgan fingerprint density at radius 2 is 2.14 bits per heavy atom. The number of halogens is 1. The summed E-state index contributed by atoms with van der Waals surface area (Å²) in [6.45, 7) is 5.95. The van der Waals surface area contributed by atoms with E-state index in [-0.39, 0.29) is 17.8 Å². The van der Waals surface area contributed by atoms with Crippen LogP contribution in [0.25, 0.3) is 0 Å². The molecule has 1 aromatic carbocycles. The van der Waals surface area contributed by atoms with Crippen LogP contribution in [0, 0.1) is 0 Å². The standard InChI is InChI=1S/C19H29NO.ClH/c1-3-4-5-12-20-15(2)19(11-7-9-17(20)14-19)16-8-6-10-18(21)13-16;/h6,8,10,13,15,17,21H,3-5,7,9,11-12,14H2,1-2H3;1H. The summed E-state index contributed by atoms with van der Waals surface area (Å²) in [5, 5.41) is 9.88. The molecule has 0 spiro atoms. The van der Waals surface area contributed by atoms with Crippen molar-refractivity contribution in [2.24, 2.45) is 0 Å². The number of fused-ring (bicyclic) bond motifs is 2. The molecule has 1 saturated carbocycles. The quantitative estimate of drug-likeness (QED) is 0.780. The van der Waals surface area contributed by atoms with Crippen molar-refractivity contribution in [1.29, 1.82) is 0 Å². The highest BCUT2D eigenvalue weighted by molar-refractivity contribution is 5.85. The van der Waals surface area contributed by atoms with Crippen molar-refractivity contribution >= 4 is 12.4 Å². The lowest BCUT2D eigenvalue weighted by Crippen LogP contribution is -2.40. The summed E-state index contributed by atoms with van der Waals surface area (Å²) in [4.78, 5) is 2.77. The van der Waals surface area contributed by atoms with Crippen LogP contribution in [0.15, 0.2) is 24.3 Å². The van der Waals surface area contributed by atoms with Crippen molar-refractivity contribution in [2.45, 2.75) is 76.3 Å². The molecule has 1 N–H and O–H groups in total. The van der Waals surface area contributed by atoms with Gasteiger partial charge in [0.05, 0.1) is 0 Å². The normalized spacial score (nSPS) is 31.0. The smallest absolute Gasteiger partial charge is 0.115 e.